The van der Waals surface area contributed by atoms with E-state index in [0.717, 1.165) is 89.6 Å². The first-order valence-corrected chi connectivity index (χ1v) is 16.0. The summed E-state index contributed by atoms with van der Waals surface area (Å²) in [6.45, 7) is 9.61. The highest BCUT2D eigenvalue weighted by molar-refractivity contribution is 6.28. The minimum Gasteiger partial charge on any atom is -0.872 e. The van der Waals surface area contributed by atoms with Crippen LogP contribution in [0.4, 0.5) is 17.1 Å². The number of rotatable bonds is 1. The molecule has 0 bridgehead atoms. The summed E-state index contributed by atoms with van der Waals surface area (Å²) in [4.78, 5) is 10.4. The molecule has 48 heavy (non-hydrogen) atoms. The van der Waals surface area contributed by atoms with E-state index in [9.17, 15) is 5.26 Å². The van der Waals surface area contributed by atoms with E-state index in [0.29, 0.717) is 16.7 Å². The molecule has 230 valence electrons. The maximum absolute atomic E-state index is 15.1. The minimum absolute atomic E-state index is 0.0721. The number of benzene rings is 6. The lowest BCUT2D eigenvalue weighted by Gasteiger charge is -2.40. The molecule has 0 saturated heterocycles. The summed E-state index contributed by atoms with van der Waals surface area (Å²) in [6, 6.07) is 31.0. The van der Waals surface area contributed by atoms with Gasteiger partial charge in [-0.1, -0.05) is 72.5 Å². The topological polar surface area (TPSA) is 63.9 Å². The Morgan fingerprint density at radius 2 is 1.38 bits per heavy atom. The fourth-order valence-corrected chi connectivity index (χ4v) is 8.53. The van der Waals surface area contributed by atoms with E-state index in [1.165, 1.54) is 0 Å². The predicted octanol–water partition coefficient (Wildman–Crippen LogP) is 5.30. The Kier molecular flexibility index (Phi) is 5.73. The maximum Gasteiger partial charge on any atom is 0.270 e. The van der Waals surface area contributed by atoms with Gasteiger partial charge < -0.3 is 19.8 Å². The van der Waals surface area contributed by atoms with Crippen molar-refractivity contribution in [3.8, 4) is 6.07 Å². The summed E-state index contributed by atoms with van der Waals surface area (Å²) in [5.41, 5.74) is 5.31. The monoisotopic (exact) mass is 622 g/mol. The van der Waals surface area contributed by atoms with Crippen LogP contribution in [-0.4, -0.2) is 41.5 Å². The largest absolute Gasteiger partial charge is 0.872 e. The Morgan fingerprint density at radius 1 is 0.750 bits per heavy atom. The molecule has 0 amide bonds. The molecule has 1 aliphatic carbocycles. The molecule has 6 aromatic rings. The molecule has 7 nitrogen and oxygen atoms in total. The summed E-state index contributed by atoms with van der Waals surface area (Å²) in [5.74, 6) is -0.145. The number of fused-ring (bicyclic) bond motifs is 4. The van der Waals surface area contributed by atoms with Crippen molar-refractivity contribution in [2.24, 2.45) is 0 Å². The lowest BCUT2D eigenvalue weighted by Crippen LogP contribution is -2.42. The number of hydrogen-bond donors (Lipinski definition) is 0. The van der Waals surface area contributed by atoms with E-state index in [1.807, 2.05) is 36.4 Å². The van der Waals surface area contributed by atoms with Crippen molar-refractivity contribution in [1.82, 2.24) is 4.58 Å². The van der Waals surface area contributed by atoms with Gasteiger partial charge in [-0.3, -0.25) is 0 Å². The van der Waals surface area contributed by atoms with Crippen LogP contribution in [0.25, 0.3) is 59.1 Å². The van der Waals surface area contributed by atoms with Gasteiger partial charge in [0.2, 0.25) is 12.0 Å². The van der Waals surface area contributed by atoms with Crippen LogP contribution in [-0.2, 0) is 0 Å². The summed E-state index contributed by atoms with van der Waals surface area (Å²) in [6.07, 6.45) is 0. The summed E-state index contributed by atoms with van der Waals surface area (Å²) < 4.78 is 2.25. The van der Waals surface area contributed by atoms with Crippen LogP contribution in [0, 0.1) is 17.9 Å². The molecular weight excluding hydrogens is 592 g/mol. The molecule has 0 aromatic heterocycles. The van der Waals surface area contributed by atoms with Crippen LogP contribution in [0.5, 0.6) is 0 Å². The number of allylic oxidation sites excluding steroid dienone is 3. The highest BCUT2D eigenvalue weighted by Crippen LogP contribution is 2.54. The number of anilines is 3. The van der Waals surface area contributed by atoms with Crippen molar-refractivity contribution in [2.45, 2.75) is 0 Å². The quantitative estimate of drug-likeness (QED) is 0.108. The van der Waals surface area contributed by atoms with Gasteiger partial charge in [-0.05, 0) is 61.7 Å². The average molecular weight is 623 g/mol. The van der Waals surface area contributed by atoms with E-state index >= 15 is 5.11 Å². The third-order valence-electron chi connectivity index (χ3n) is 10.3. The lowest BCUT2D eigenvalue weighted by molar-refractivity contribution is -0.292. The number of nitrogens with zero attached hydrogens (tertiary/aromatic N) is 6. The number of nitriles is 1. The molecule has 0 N–H and O–H groups in total. The fourth-order valence-electron chi connectivity index (χ4n) is 8.53. The van der Waals surface area contributed by atoms with Gasteiger partial charge in [0.15, 0.2) is 0 Å². The van der Waals surface area contributed by atoms with Crippen LogP contribution < -0.4 is 35.0 Å². The van der Waals surface area contributed by atoms with Gasteiger partial charge in [0.1, 0.15) is 7.05 Å². The van der Waals surface area contributed by atoms with Crippen LogP contribution in [0.3, 0.4) is 0 Å². The minimum atomic E-state index is -0.145. The fraction of sp³-hybridized carbons (Fsp3) is 0.146. The third kappa shape index (κ3) is 3.43. The molecular formula is C41H30N6O. The maximum atomic E-state index is 15.1. The second kappa shape index (κ2) is 9.84. The molecule has 0 saturated carbocycles. The Labute approximate surface area is 277 Å². The zero-order valence-electron chi connectivity index (χ0n) is 27.1. The molecule has 2 aliphatic heterocycles. The average Bonchev–Trinajstić information content (AvgIpc) is 3.10. The van der Waals surface area contributed by atoms with E-state index in [2.05, 4.69) is 107 Å². The molecule has 3 aliphatic rings. The first kappa shape index (κ1) is 28.0. The van der Waals surface area contributed by atoms with Crippen molar-refractivity contribution < 1.29 is 5.11 Å². The Balaban J connectivity index is 1.54. The van der Waals surface area contributed by atoms with Gasteiger partial charge in [-0.25, -0.2) is 14.7 Å². The summed E-state index contributed by atoms with van der Waals surface area (Å²) in [7, 11) is 8.34. The molecule has 0 atom stereocenters. The van der Waals surface area contributed by atoms with Crippen molar-refractivity contribution in [3.05, 3.63) is 130 Å². The zero-order valence-corrected chi connectivity index (χ0v) is 27.1. The van der Waals surface area contributed by atoms with Gasteiger partial charge in [0.25, 0.3) is 5.70 Å². The predicted molar refractivity (Wildman–Crippen MR) is 194 cm³/mol. The van der Waals surface area contributed by atoms with Gasteiger partial charge >= 0.3 is 0 Å². The van der Waals surface area contributed by atoms with Crippen molar-refractivity contribution in [3.63, 3.8) is 0 Å². The first-order chi connectivity index (χ1) is 23.3. The molecule has 0 unspecified atom stereocenters. The molecule has 7 heteroatoms. The van der Waals surface area contributed by atoms with Crippen LogP contribution >= 0.6 is 0 Å². The second-order valence-electron chi connectivity index (χ2n) is 13.0. The highest BCUT2D eigenvalue weighted by atomic mass is 16.3. The molecule has 0 fully saturated rings. The molecule has 6 aromatic carbocycles. The van der Waals surface area contributed by atoms with E-state index in [-0.39, 0.29) is 11.5 Å². The Morgan fingerprint density at radius 3 is 2.08 bits per heavy atom. The van der Waals surface area contributed by atoms with E-state index in [4.69, 9.17) is 6.57 Å². The molecule has 0 spiro atoms. The molecule has 9 rings (SSSR count). The van der Waals surface area contributed by atoms with Crippen molar-refractivity contribution in [1.29, 1.82) is 5.26 Å². The number of hydrogen-bond acceptors (Lipinski definition) is 5. The SMILES string of the molecule is [C-]#[N+]/C(C#N)=C1C(c2c3ccccc3c3c4c(cccc24)N(C)CN3C)=C([O-])C/1=c1/c2ccccc2c2c3c(cccc13)N(C)C[N+]=2C. The van der Waals surface area contributed by atoms with Gasteiger partial charge in [0.05, 0.1) is 41.5 Å². The third-order valence-corrected chi connectivity index (χ3v) is 10.3. The molecule has 0 radical (unpaired) electrons. The standard InChI is InChI=1S/C41H30N6O/c1-43-29(20-42)36-37(32-23-12-6-8-14-25(23)39-34-27(32)16-10-18-30(34)44(2)21-46(39)4)41(48)38(36)33-24-13-7-9-15-26(24)40-35-28(33)17-11-19-31(35)45(3)22-47(40)5/h6-19H,21-22H2,2-5H3. The Hall–Kier alpha value is -6.31. The summed E-state index contributed by atoms with van der Waals surface area (Å²) in [5, 5.41) is 35.4. The van der Waals surface area contributed by atoms with Crippen molar-refractivity contribution in [2.75, 3.05) is 56.2 Å². The van der Waals surface area contributed by atoms with Crippen LogP contribution in [0.15, 0.2) is 102 Å². The summed E-state index contributed by atoms with van der Waals surface area (Å²) >= 11 is 0. The smallest absolute Gasteiger partial charge is 0.270 e. The van der Waals surface area contributed by atoms with E-state index < -0.39 is 0 Å². The normalized spacial score (nSPS) is 17.7. The highest BCUT2D eigenvalue weighted by Gasteiger charge is 2.35. The zero-order chi connectivity index (χ0) is 33.0. The van der Waals surface area contributed by atoms with E-state index in [1.54, 1.807) is 0 Å². The van der Waals surface area contributed by atoms with Gasteiger partial charge in [-0.15, -0.1) is 0 Å². The van der Waals surface area contributed by atoms with Gasteiger partial charge in [0, 0.05) is 43.2 Å². The van der Waals surface area contributed by atoms with Crippen LogP contribution in [0.2, 0.25) is 0 Å². The van der Waals surface area contributed by atoms with Crippen LogP contribution in [0.1, 0.15) is 5.56 Å². The Bertz CT molecular complexity index is 2760. The van der Waals surface area contributed by atoms with Crippen molar-refractivity contribution >= 4 is 71.3 Å². The second-order valence-corrected chi connectivity index (χ2v) is 13.0. The first-order valence-electron chi connectivity index (χ1n) is 16.0. The molecule has 2 heterocycles. The lowest BCUT2D eigenvalue weighted by atomic mass is 9.73. The van der Waals surface area contributed by atoms with Gasteiger partial charge in [-0.2, -0.15) is 0 Å².